The SMILES string of the molecule is CCCCCCC(Cc1ccccn1)c1ccc(OC)c(F)c1. The van der Waals surface area contributed by atoms with Crippen LogP contribution in [0.5, 0.6) is 5.75 Å². The van der Waals surface area contributed by atoms with Gasteiger partial charge in [-0.2, -0.15) is 0 Å². The van der Waals surface area contributed by atoms with Gasteiger partial charge in [0.1, 0.15) is 0 Å². The van der Waals surface area contributed by atoms with Crippen molar-refractivity contribution in [3.63, 3.8) is 0 Å². The van der Waals surface area contributed by atoms with Crippen molar-refractivity contribution in [3.05, 3.63) is 59.7 Å². The standard InChI is InChI=1S/C20H26FNO/c1-3-4-5-6-9-16(14-18-10-7-8-13-22-18)17-11-12-20(23-2)19(21)15-17/h7-8,10-13,15-16H,3-6,9,14H2,1-2H3. The van der Waals surface area contributed by atoms with Crippen LogP contribution in [-0.4, -0.2) is 12.1 Å². The molecule has 1 unspecified atom stereocenters. The lowest BCUT2D eigenvalue weighted by molar-refractivity contribution is 0.385. The molecule has 3 heteroatoms. The summed E-state index contributed by atoms with van der Waals surface area (Å²) in [5, 5.41) is 0. The number of aromatic nitrogens is 1. The van der Waals surface area contributed by atoms with Gasteiger partial charge in [-0.15, -0.1) is 0 Å². The molecule has 0 radical (unpaired) electrons. The van der Waals surface area contributed by atoms with Gasteiger partial charge in [0.05, 0.1) is 7.11 Å². The normalized spacial score (nSPS) is 12.1. The maximum absolute atomic E-state index is 14.1. The zero-order valence-electron chi connectivity index (χ0n) is 14.1. The average molecular weight is 315 g/mol. The summed E-state index contributed by atoms with van der Waals surface area (Å²) in [4.78, 5) is 4.43. The first-order valence-electron chi connectivity index (χ1n) is 8.48. The van der Waals surface area contributed by atoms with Crippen LogP contribution in [0.1, 0.15) is 56.2 Å². The number of pyridine rings is 1. The minimum atomic E-state index is -0.287. The van der Waals surface area contributed by atoms with Crippen molar-refractivity contribution in [1.82, 2.24) is 4.98 Å². The molecule has 0 saturated carbocycles. The van der Waals surface area contributed by atoms with Crippen LogP contribution in [-0.2, 0) is 6.42 Å². The van der Waals surface area contributed by atoms with Crippen LogP contribution < -0.4 is 4.74 Å². The Hall–Kier alpha value is -1.90. The first kappa shape index (κ1) is 17.5. The summed E-state index contributed by atoms with van der Waals surface area (Å²) >= 11 is 0. The Labute approximate surface area is 138 Å². The maximum Gasteiger partial charge on any atom is 0.165 e. The molecule has 1 aromatic carbocycles. The maximum atomic E-state index is 14.1. The van der Waals surface area contributed by atoms with Crippen LogP contribution in [0.25, 0.3) is 0 Å². The number of hydrogen-bond donors (Lipinski definition) is 0. The largest absolute Gasteiger partial charge is 0.494 e. The molecule has 0 aliphatic heterocycles. The summed E-state index contributed by atoms with van der Waals surface area (Å²) in [6, 6.07) is 11.3. The fourth-order valence-electron chi connectivity index (χ4n) is 2.91. The minimum absolute atomic E-state index is 0.287. The number of unbranched alkanes of at least 4 members (excludes halogenated alkanes) is 3. The lowest BCUT2D eigenvalue weighted by Crippen LogP contribution is -2.06. The first-order valence-corrected chi connectivity index (χ1v) is 8.48. The molecule has 1 atom stereocenters. The van der Waals surface area contributed by atoms with Crippen molar-refractivity contribution >= 4 is 0 Å². The summed E-state index contributed by atoms with van der Waals surface area (Å²) in [7, 11) is 1.49. The van der Waals surface area contributed by atoms with E-state index in [1.54, 1.807) is 12.1 Å². The van der Waals surface area contributed by atoms with E-state index in [-0.39, 0.29) is 5.82 Å². The quantitative estimate of drug-likeness (QED) is 0.568. The van der Waals surface area contributed by atoms with E-state index in [4.69, 9.17) is 4.74 Å². The van der Waals surface area contributed by atoms with Gasteiger partial charge in [0.25, 0.3) is 0 Å². The van der Waals surface area contributed by atoms with E-state index in [1.165, 1.54) is 32.8 Å². The third kappa shape index (κ3) is 5.34. The Morgan fingerprint density at radius 3 is 2.65 bits per heavy atom. The van der Waals surface area contributed by atoms with Gasteiger partial charge < -0.3 is 4.74 Å². The van der Waals surface area contributed by atoms with Crippen LogP contribution in [0, 0.1) is 5.82 Å². The highest BCUT2D eigenvalue weighted by Gasteiger charge is 2.15. The first-order chi connectivity index (χ1) is 11.2. The highest BCUT2D eigenvalue weighted by molar-refractivity contribution is 5.32. The molecule has 0 saturated heterocycles. The van der Waals surface area contributed by atoms with Crippen LogP contribution >= 0.6 is 0 Å². The molecule has 0 amide bonds. The van der Waals surface area contributed by atoms with Gasteiger partial charge in [0.2, 0.25) is 0 Å². The Kier molecular flexibility index (Phi) is 7.05. The lowest BCUT2D eigenvalue weighted by Gasteiger charge is -2.18. The van der Waals surface area contributed by atoms with E-state index in [9.17, 15) is 4.39 Å². The Bertz CT molecular complexity index is 585. The molecule has 1 aromatic heterocycles. The fourth-order valence-corrected chi connectivity index (χ4v) is 2.91. The molecule has 2 rings (SSSR count). The third-order valence-corrected chi connectivity index (χ3v) is 4.24. The highest BCUT2D eigenvalue weighted by Crippen LogP contribution is 2.29. The predicted molar refractivity (Wildman–Crippen MR) is 92.4 cm³/mol. The number of rotatable bonds is 9. The number of methoxy groups -OCH3 is 1. The van der Waals surface area contributed by atoms with E-state index >= 15 is 0 Å². The van der Waals surface area contributed by atoms with Gasteiger partial charge in [-0.3, -0.25) is 4.98 Å². The monoisotopic (exact) mass is 315 g/mol. The second-order valence-corrected chi connectivity index (χ2v) is 5.97. The number of ether oxygens (including phenoxy) is 1. The van der Waals surface area contributed by atoms with Crippen molar-refractivity contribution in [2.45, 2.75) is 51.4 Å². The molecule has 0 N–H and O–H groups in total. The molecule has 124 valence electrons. The molecule has 0 bridgehead atoms. The van der Waals surface area contributed by atoms with Crippen molar-refractivity contribution < 1.29 is 9.13 Å². The topological polar surface area (TPSA) is 22.1 Å². The van der Waals surface area contributed by atoms with Gasteiger partial charge >= 0.3 is 0 Å². The number of hydrogen-bond acceptors (Lipinski definition) is 2. The lowest BCUT2D eigenvalue weighted by atomic mass is 9.88. The van der Waals surface area contributed by atoms with Crippen LogP contribution in [0.3, 0.4) is 0 Å². The summed E-state index contributed by atoms with van der Waals surface area (Å²) in [6.07, 6.45) is 8.60. The zero-order chi connectivity index (χ0) is 16.5. The summed E-state index contributed by atoms with van der Waals surface area (Å²) in [5.74, 6) is 0.308. The minimum Gasteiger partial charge on any atom is -0.494 e. The summed E-state index contributed by atoms with van der Waals surface area (Å²) < 4.78 is 19.1. The van der Waals surface area contributed by atoms with Crippen LogP contribution in [0.2, 0.25) is 0 Å². The van der Waals surface area contributed by atoms with E-state index in [1.807, 2.05) is 30.5 Å². The molecule has 1 heterocycles. The van der Waals surface area contributed by atoms with Gasteiger partial charge in [0.15, 0.2) is 11.6 Å². The second kappa shape index (κ2) is 9.29. The number of benzene rings is 1. The molecule has 0 aliphatic carbocycles. The zero-order valence-corrected chi connectivity index (χ0v) is 14.1. The average Bonchev–Trinajstić information content (AvgIpc) is 2.58. The molecule has 0 spiro atoms. The smallest absolute Gasteiger partial charge is 0.165 e. The molecule has 2 aromatic rings. The summed E-state index contributed by atoms with van der Waals surface area (Å²) in [5.41, 5.74) is 2.09. The van der Waals surface area contributed by atoms with E-state index in [2.05, 4.69) is 11.9 Å². The van der Waals surface area contributed by atoms with Crippen molar-refractivity contribution in [3.8, 4) is 5.75 Å². The molecule has 0 fully saturated rings. The highest BCUT2D eigenvalue weighted by atomic mass is 19.1. The molecular formula is C20H26FNO. The van der Waals surface area contributed by atoms with Crippen LogP contribution in [0.15, 0.2) is 42.6 Å². The molecule has 23 heavy (non-hydrogen) atoms. The van der Waals surface area contributed by atoms with Gasteiger partial charge in [0, 0.05) is 11.9 Å². The van der Waals surface area contributed by atoms with E-state index in [0.717, 1.165) is 24.1 Å². The van der Waals surface area contributed by atoms with Gasteiger partial charge in [-0.1, -0.05) is 44.7 Å². The van der Waals surface area contributed by atoms with Crippen molar-refractivity contribution in [2.24, 2.45) is 0 Å². The molecule has 0 aliphatic rings. The Balaban J connectivity index is 2.13. The van der Waals surface area contributed by atoms with Gasteiger partial charge in [-0.05, 0) is 48.6 Å². The van der Waals surface area contributed by atoms with E-state index < -0.39 is 0 Å². The van der Waals surface area contributed by atoms with Gasteiger partial charge in [-0.25, -0.2) is 4.39 Å². The Morgan fingerprint density at radius 2 is 2.00 bits per heavy atom. The Morgan fingerprint density at radius 1 is 1.13 bits per heavy atom. The van der Waals surface area contributed by atoms with Crippen LogP contribution in [0.4, 0.5) is 4.39 Å². The fraction of sp³-hybridized carbons (Fsp3) is 0.450. The predicted octanol–water partition coefficient (Wildman–Crippen LogP) is 5.53. The van der Waals surface area contributed by atoms with Crippen molar-refractivity contribution in [1.29, 1.82) is 0 Å². The van der Waals surface area contributed by atoms with E-state index in [0.29, 0.717) is 11.7 Å². The molecule has 2 nitrogen and oxygen atoms in total. The van der Waals surface area contributed by atoms with Crippen molar-refractivity contribution in [2.75, 3.05) is 7.11 Å². The third-order valence-electron chi connectivity index (χ3n) is 4.24. The summed E-state index contributed by atoms with van der Waals surface area (Å²) in [6.45, 7) is 2.21. The number of nitrogens with zero attached hydrogens (tertiary/aromatic N) is 1. The molecular weight excluding hydrogens is 289 g/mol. The second-order valence-electron chi connectivity index (χ2n) is 5.97. The number of halogens is 1.